The van der Waals surface area contributed by atoms with E-state index in [0.717, 1.165) is 32.1 Å². The minimum absolute atomic E-state index is 0.109. The monoisotopic (exact) mass is 240 g/mol. The van der Waals surface area contributed by atoms with Gasteiger partial charge in [0, 0.05) is 19.3 Å². The molecule has 1 aliphatic heterocycles. The molecule has 0 spiro atoms. The molecule has 0 amide bonds. The Hall–Kier alpha value is -0.860. The summed E-state index contributed by atoms with van der Waals surface area (Å²) in [6.07, 6.45) is 8.86. The highest BCUT2D eigenvalue weighted by Gasteiger charge is 2.12. The summed E-state index contributed by atoms with van der Waals surface area (Å²) in [7, 11) is 0. The fraction of sp³-hybridized carbons (Fsp3) is 0.857. The molecule has 1 aliphatic rings. The van der Waals surface area contributed by atoms with Gasteiger partial charge in [-0.1, -0.05) is 25.7 Å². The molecule has 0 aromatic rings. The van der Waals surface area contributed by atoms with Gasteiger partial charge >= 0.3 is 5.97 Å². The van der Waals surface area contributed by atoms with Crippen molar-refractivity contribution in [2.24, 2.45) is 0 Å². The average molecular weight is 240 g/mol. The summed E-state index contributed by atoms with van der Waals surface area (Å²) in [4.78, 5) is 23.0. The Kier molecular flexibility index (Phi) is 6.90. The molecule has 3 heteroatoms. The molecule has 0 aromatic carbocycles. The third-order valence-electron chi connectivity index (χ3n) is 3.25. The van der Waals surface area contributed by atoms with Crippen molar-refractivity contribution in [1.29, 1.82) is 0 Å². The summed E-state index contributed by atoms with van der Waals surface area (Å²) in [6.45, 7) is 1.87. The lowest BCUT2D eigenvalue weighted by atomic mass is 10.0. The van der Waals surface area contributed by atoms with Gasteiger partial charge in [0.15, 0.2) is 0 Å². The number of esters is 1. The number of ketones is 1. The maximum Gasteiger partial charge on any atom is 0.306 e. The summed E-state index contributed by atoms with van der Waals surface area (Å²) >= 11 is 0. The molecule has 0 N–H and O–H groups in total. The molecule has 1 atom stereocenters. The van der Waals surface area contributed by atoms with E-state index in [1.165, 1.54) is 6.42 Å². The van der Waals surface area contributed by atoms with Crippen LogP contribution in [0.4, 0.5) is 0 Å². The van der Waals surface area contributed by atoms with E-state index in [4.69, 9.17) is 4.74 Å². The Balaban J connectivity index is 2.35. The van der Waals surface area contributed by atoms with Crippen LogP contribution in [0, 0.1) is 0 Å². The second kappa shape index (κ2) is 8.26. The second-order valence-corrected chi connectivity index (χ2v) is 5.00. The van der Waals surface area contributed by atoms with E-state index in [2.05, 4.69) is 0 Å². The number of hydrogen-bond donors (Lipinski definition) is 0. The molecule has 1 saturated heterocycles. The van der Waals surface area contributed by atoms with Crippen molar-refractivity contribution in [2.75, 3.05) is 0 Å². The number of ether oxygens (including phenoxy) is 1. The quantitative estimate of drug-likeness (QED) is 0.609. The predicted octanol–water partition coefficient (Wildman–Crippen LogP) is 3.40. The Morgan fingerprint density at radius 1 is 0.882 bits per heavy atom. The molecule has 98 valence electrons. The minimum Gasteiger partial charge on any atom is -0.463 e. The number of Topliss-reactive ketones (excluding diaryl/α,β-unsaturated/α-hetero) is 1. The van der Waals surface area contributed by atoms with Crippen molar-refractivity contribution in [3.8, 4) is 0 Å². The van der Waals surface area contributed by atoms with E-state index in [1.54, 1.807) is 0 Å². The minimum atomic E-state index is -0.116. The van der Waals surface area contributed by atoms with Gasteiger partial charge in [-0.15, -0.1) is 0 Å². The summed E-state index contributed by atoms with van der Waals surface area (Å²) in [5.74, 6) is 0.201. The first-order valence-electron chi connectivity index (χ1n) is 6.89. The third kappa shape index (κ3) is 7.14. The number of carbonyl (C=O) groups excluding carboxylic acids is 2. The van der Waals surface area contributed by atoms with Crippen LogP contribution in [0.3, 0.4) is 0 Å². The van der Waals surface area contributed by atoms with Crippen LogP contribution in [0.5, 0.6) is 0 Å². The number of cyclic esters (lactones) is 1. The molecule has 0 radical (unpaired) electrons. The van der Waals surface area contributed by atoms with Gasteiger partial charge < -0.3 is 4.74 Å². The highest BCUT2D eigenvalue weighted by molar-refractivity contribution is 5.78. The van der Waals surface area contributed by atoms with Gasteiger partial charge in [-0.05, 0) is 26.2 Å². The largest absolute Gasteiger partial charge is 0.463 e. The smallest absolute Gasteiger partial charge is 0.306 e. The van der Waals surface area contributed by atoms with E-state index in [0.29, 0.717) is 31.5 Å². The first-order valence-corrected chi connectivity index (χ1v) is 6.89. The van der Waals surface area contributed by atoms with Crippen LogP contribution in [0.25, 0.3) is 0 Å². The molecule has 0 saturated carbocycles. The van der Waals surface area contributed by atoms with Crippen molar-refractivity contribution in [2.45, 2.75) is 77.2 Å². The van der Waals surface area contributed by atoms with Gasteiger partial charge in [-0.2, -0.15) is 0 Å². The van der Waals surface area contributed by atoms with Gasteiger partial charge in [0.05, 0.1) is 6.10 Å². The van der Waals surface area contributed by atoms with E-state index in [9.17, 15) is 9.59 Å². The van der Waals surface area contributed by atoms with E-state index >= 15 is 0 Å². The van der Waals surface area contributed by atoms with Crippen molar-refractivity contribution in [1.82, 2.24) is 0 Å². The van der Waals surface area contributed by atoms with Crippen molar-refractivity contribution in [3.63, 3.8) is 0 Å². The third-order valence-corrected chi connectivity index (χ3v) is 3.25. The van der Waals surface area contributed by atoms with Crippen LogP contribution in [-0.2, 0) is 14.3 Å². The molecule has 3 nitrogen and oxygen atoms in total. The van der Waals surface area contributed by atoms with Crippen LogP contribution in [-0.4, -0.2) is 17.9 Å². The lowest BCUT2D eigenvalue weighted by Gasteiger charge is -2.13. The fourth-order valence-corrected chi connectivity index (χ4v) is 2.13. The van der Waals surface area contributed by atoms with Gasteiger partial charge in [-0.25, -0.2) is 0 Å². The van der Waals surface area contributed by atoms with Gasteiger partial charge in [0.1, 0.15) is 5.78 Å². The first-order chi connectivity index (χ1) is 8.18. The van der Waals surface area contributed by atoms with Crippen LogP contribution >= 0.6 is 0 Å². The normalized spacial score (nSPS) is 26.1. The highest BCUT2D eigenvalue weighted by atomic mass is 16.5. The second-order valence-electron chi connectivity index (χ2n) is 5.00. The Morgan fingerprint density at radius 3 is 2.18 bits per heavy atom. The lowest BCUT2D eigenvalue weighted by molar-refractivity contribution is -0.149. The number of rotatable bonds is 0. The molecule has 1 fully saturated rings. The number of carbonyl (C=O) groups is 2. The fourth-order valence-electron chi connectivity index (χ4n) is 2.13. The van der Waals surface area contributed by atoms with Crippen molar-refractivity contribution >= 4 is 11.8 Å². The standard InChI is InChI=1S/C14H24O3/c1-12-10-11-13(15)8-6-4-2-3-5-7-9-14(16)17-12/h12H,2-11H2,1H3/t12-/m1/s1. The van der Waals surface area contributed by atoms with E-state index in [1.807, 2.05) is 6.92 Å². The van der Waals surface area contributed by atoms with Crippen molar-refractivity contribution in [3.05, 3.63) is 0 Å². The molecule has 0 aliphatic carbocycles. The predicted molar refractivity (Wildman–Crippen MR) is 66.7 cm³/mol. The Bertz CT molecular complexity index is 248. The van der Waals surface area contributed by atoms with E-state index in [-0.39, 0.29) is 12.1 Å². The molecule has 1 heterocycles. The molecule has 0 unspecified atom stereocenters. The van der Waals surface area contributed by atoms with Gasteiger partial charge in [0.2, 0.25) is 0 Å². The summed E-state index contributed by atoms with van der Waals surface area (Å²) in [5.41, 5.74) is 0. The van der Waals surface area contributed by atoms with Crippen LogP contribution < -0.4 is 0 Å². The summed E-state index contributed by atoms with van der Waals surface area (Å²) < 4.78 is 5.25. The SMILES string of the molecule is C[C@@H]1CCC(=O)CCCCCCCCC(=O)O1. The Morgan fingerprint density at radius 2 is 1.47 bits per heavy atom. The highest BCUT2D eigenvalue weighted by Crippen LogP contribution is 2.13. The molecular weight excluding hydrogens is 216 g/mol. The maximum atomic E-state index is 11.5. The maximum absolute atomic E-state index is 11.5. The number of hydrogen-bond acceptors (Lipinski definition) is 3. The first kappa shape index (κ1) is 14.2. The Labute approximate surface area is 104 Å². The van der Waals surface area contributed by atoms with Crippen LogP contribution in [0.15, 0.2) is 0 Å². The van der Waals surface area contributed by atoms with Crippen molar-refractivity contribution < 1.29 is 14.3 Å². The van der Waals surface area contributed by atoms with Crippen LogP contribution in [0.1, 0.15) is 71.1 Å². The zero-order valence-corrected chi connectivity index (χ0v) is 10.9. The molecule has 0 aromatic heterocycles. The lowest BCUT2D eigenvalue weighted by Crippen LogP contribution is -2.16. The van der Waals surface area contributed by atoms with Gasteiger partial charge in [-0.3, -0.25) is 9.59 Å². The average Bonchev–Trinajstić information content (AvgIpc) is 2.29. The molecule has 1 rings (SSSR count). The summed E-state index contributed by atoms with van der Waals surface area (Å²) in [6, 6.07) is 0. The molecular formula is C14H24O3. The zero-order chi connectivity index (χ0) is 12.5. The molecule has 0 bridgehead atoms. The topological polar surface area (TPSA) is 43.4 Å². The zero-order valence-electron chi connectivity index (χ0n) is 10.9. The summed E-state index contributed by atoms with van der Waals surface area (Å²) in [5, 5.41) is 0. The molecule has 17 heavy (non-hydrogen) atoms. The van der Waals surface area contributed by atoms with Crippen LogP contribution in [0.2, 0.25) is 0 Å². The van der Waals surface area contributed by atoms with Gasteiger partial charge in [0.25, 0.3) is 0 Å². The van der Waals surface area contributed by atoms with E-state index < -0.39 is 0 Å².